The monoisotopic (exact) mass is 901 g/mol. The molecule has 0 saturated heterocycles. The third-order valence-corrected chi connectivity index (χ3v) is 11.2. The van der Waals surface area contributed by atoms with Crippen molar-refractivity contribution in [3.8, 4) is 11.5 Å². The topological polar surface area (TPSA) is 385 Å². The molecule has 26 heteroatoms. The number of hydrogen-bond acceptors (Lipinski definition) is 18. The first-order valence-electron chi connectivity index (χ1n) is 15.9. The first-order valence-corrected chi connectivity index (χ1v) is 20.7. The molecule has 0 saturated carbocycles. The summed E-state index contributed by atoms with van der Waals surface area (Å²) in [4.78, 5) is 20.4. The second-order valence-electron chi connectivity index (χ2n) is 12.1. The SMILES string of the molecule is Nc1c(N=Nc2ccc3cc(S(=O)(=O)O)c(N=Nc4ccccc4C(=O)O)c(O)c3c2)cc(S(=O)(=O)O)c2cc(S(O)(O)O)c(N=Nc3cc(Cl)ccc3C(=O)O)c(O)c12. The predicted octanol–water partition coefficient (Wildman–Crippen LogP) is 9.36. The highest BCUT2D eigenvalue weighted by atomic mass is 35.5. The molecular formula is C34H24ClN7O15S3. The molecule has 0 bridgehead atoms. The van der Waals surface area contributed by atoms with Gasteiger partial charge >= 0.3 is 11.9 Å². The number of nitrogens with two attached hydrogens (primary N) is 1. The molecule has 0 unspecified atom stereocenters. The van der Waals surface area contributed by atoms with Crippen LogP contribution in [0.25, 0.3) is 21.5 Å². The second-order valence-corrected chi connectivity index (χ2v) is 16.8. The van der Waals surface area contributed by atoms with Gasteiger partial charge in [-0.3, -0.25) is 9.11 Å². The normalized spacial score (nSPS) is 13.0. The van der Waals surface area contributed by atoms with E-state index in [0.717, 1.165) is 24.3 Å². The number of nitrogens with zero attached hydrogens (tertiary/aromatic N) is 6. The van der Waals surface area contributed by atoms with E-state index in [4.69, 9.17) is 17.3 Å². The van der Waals surface area contributed by atoms with Crippen molar-refractivity contribution in [3.63, 3.8) is 0 Å². The number of fused-ring (bicyclic) bond motifs is 2. The van der Waals surface area contributed by atoms with E-state index in [1.165, 1.54) is 42.5 Å². The molecule has 0 amide bonds. The fourth-order valence-corrected chi connectivity index (χ4v) is 7.82. The van der Waals surface area contributed by atoms with Crippen LogP contribution in [0.2, 0.25) is 5.02 Å². The number of phenols is 2. The van der Waals surface area contributed by atoms with Crippen molar-refractivity contribution in [2.45, 2.75) is 14.7 Å². The maximum Gasteiger partial charge on any atom is 0.337 e. The van der Waals surface area contributed by atoms with E-state index in [9.17, 15) is 69.6 Å². The first kappa shape index (κ1) is 42.9. The van der Waals surface area contributed by atoms with Crippen LogP contribution in [-0.2, 0) is 20.2 Å². The summed E-state index contributed by atoms with van der Waals surface area (Å²) in [6.45, 7) is 0. The molecule has 0 spiro atoms. The maximum absolute atomic E-state index is 12.6. The average Bonchev–Trinajstić information content (AvgIpc) is 3.15. The molecule has 0 aliphatic heterocycles. The highest BCUT2D eigenvalue weighted by Crippen LogP contribution is 2.56. The minimum atomic E-state index is -5.30. The van der Waals surface area contributed by atoms with Crippen LogP contribution in [0.4, 0.5) is 39.8 Å². The van der Waals surface area contributed by atoms with E-state index in [1.807, 2.05) is 0 Å². The lowest BCUT2D eigenvalue weighted by atomic mass is 10.0. The first-order chi connectivity index (χ1) is 28.0. The number of benzene rings is 6. The fraction of sp³-hybridized carbons (Fsp3) is 0. The number of carboxylic acids is 2. The Hall–Kier alpha value is -6.68. The Morgan fingerprint density at radius 2 is 1.15 bits per heavy atom. The molecule has 6 aromatic rings. The summed E-state index contributed by atoms with van der Waals surface area (Å²) in [5.41, 5.74) is 1.83. The number of rotatable bonds is 11. The third kappa shape index (κ3) is 8.54. The van der Waals surface area contributed by atoms with Gasteiger partial charge in [0.25, 0.3) is 20.2 Å². The van der Waals surface area contributed by atoms with Gasteiger partial charge in [0.2, 0.25) is 0 Å². The van der Waals surface area contributed by atoms with E-state index in [0.29, 0.717) is 12.1 Å². The van der Waals surface area contributed by atoms with Crippen LogP contribution in [-0.4, -0.2) is 72.0 Å². The zero-order valence-corrected chi connectivity index (χ0v) is 32.5. The summed E-state index contributed by atoms with van der Waals surface area (Å²) >= 11 is 5.96. The Bertz CT molecular complexity index is 3160. The number of phenolic OH excluding ortho intramolecular Hbond substituents is 2. The molecular weight excluding hydrogens is 878 g/mol. The molecule has 0 fully saturated rings. The van der Waals surface area contributed by atoms with Crippen molar-refractivity contribution in [1.82, 2.24) is 0 Å². The minimum absolute atomic E-state index is 0.00466. The van der Waals surface area contributed by atoms with Gasteiger partial charge < -0.3 is 39.8 Å². The van der Waals surface area contributed by atoms with Crippen molar-refractivity contribution in [2.24, 2.45) is 30.7 Å². The van der Waals surface area contributed by atoms with Gasteiger partial charge in [-0.05, 0) is 66.0 Å². The molecule has 0 atom stereocenters. The van der Waals surface area contributed by atoms with Gasteiger partial charge in [-0.15, -0.1) is 25.6 Å². The molecule has 22 nitrogen and oxygen atoms in total. The molecule has 0 aliphatic carbocycles. The zero-order chi connectivity index (χ0) is 44.1. The van der Waals surface area contributed by atoms with Gasteiger partial charge in [-0.1, -0.05) is 29.8 Å². The lowest BCUT2D eigenvalue weighted by molar-refractivity contribution is 0.0687. The van der Waals surface area contributed by atoms with Gasteiger partial charge in [-0.25, -0.2) is 9.59 Å². The molecule has 6 aromatic carbocycles. The van der Waals surface area contributed by atoms with Crippen molar-refractivity contribution in [2.75, 3.05) is 5.73 Å². The van der Waals surface area contributed by atoms with Gasteiger partial charge in [0, 0.05) is 15.8 Å². The van der Waals surface area contributed by atoms with Crippen LogP contribution in [0.1, 0.15) is 20.7 Å². The number of aromatic carboxylic acids is 2. The van der Waals surface area contributed by atoms with E-state index in [2.05, 4.69) is 30.7 Å². The lowest BCUT2D eigenvalue weighted by Crippen LogP contribution is -2.03. The lowest BCUT2D eigenvalue weighted by Gasteiger charge is -2.23. The third-order valence-electron chi connectivity index (χ3n) is 8.32. The van der Waals surface area contributed by atoms with Crippen LogP contribution in [0.15, 0.2) is 124 Å². The largest absolute Gasteiger partial charge is 0.505 e. The van der Waals surface area contributed by atoms with Crippen molar-refractivity contribution < 1.29 is 69.6 Å². The molecule has 0 heterocycles. The van der Waals surface area contributed by atoms with Gasteiger partial charge in [0.05, 0.1) is 32.8 Å². The molecule has 310 valence electrons. The summed E-state index contributed by atoms with van der Waals surface area (Å²) in [5, 5.41) is 62.9. The van der Waals surface area contributed by atoms with Crippen molar-refractivity contribution >= 4 is 116 Å². The Kier molecular flexibility index (Phi) is 11.3. The van der Waals surface area contributed by atoms with Crippen LogP contribution < -0.4 is 5.73 Å². The molecule has 11 N–H and O–H groups in total. The number of aromatic hydroxyl groups is 2. The zero-order valence-electron chi connectivity index (χ0n) is 29.3. The van der Waals surface area contributed by atoms with Gasteiger partial charge in [0.1, 0.15) is 49.1 Å². The number of carboxylic acid groups (broad SMARTS) is 2. The summed E-state index contributed by atoms with van der Waals surface area (Å²) in [7, 11) is -15.3. The summed E-state index contributed by atoms with van der Waals surface area (Å²) in [5.74, 6) is -4.93. The molecule has 6 rings (SSSR count). The van der Waals surface area contributed by atoms with Crippen LogP contribution in [0.3, 0.4) is 0 Å². The number of halogens is 1. The Morgan fingerprint density at radius 1 is 0.567 bits per heavy atom. The van der Waals surface area contributed by atoms with E-state index in [1.54, 1.807) is 0 Å². The van der Waals surface area contributed by atoms with E-state index < -0.39 is 114 Å². The summed E-state index contributed by atoms with van der Waals surface area (Å²) < 4.78 is 101. The van der Waals surface area contributed by atoms with E-state index >= 15 is 0 Å². The van der Waals surface area contributed by atoms with Gasteiger partial charge in [0.15, 0.2) is 11.5 Å². The number of azo groups is 3. The molecule has 0 aliphatic rings. The van der Waals surface area contributed by atoms with Crippen LogP contribution in [0, 0.1) is 0 Å². The Labute approximate surface area is 342 Å². The highest BCUT2D eigenvalue weighted by Gasteiger charge is 2.30. The number of hydrogen-bond donors (Lipinski definition) is 10. The highest BCUT2D eigenvalue weighted by molar-refractivity contribution is 8.19. The quantitative estimate of drug-likeness (QED) is 0.0328. The second kappa shape index (κ2) is 15.8. The van der Waals surface area contributed by atoms with Gasteiger partial charge in [-0.2, -0.15) is 21.9 Å². The number of carbonyl (C=O) groups is 2. The predicted molar refractivity (Wildman–Crippen MR) is 213 cm³/mol. The number of nitrogen functional groups attached to an aromatic ring is 1. The summed E-state index contributed by atoms with van der Waals surface area (Å²) in [6, 6.07) is 14.3. The molecule has 60 heavy (non-hydrogen) atoms. The van der Waals surface area contributed by atoms with Crippen LogP contribution >= 0.6 is 22.5 Å². The van der Waals surface area contributed by atoms with Crippen molar-refractivity contribution in [1.29, 1.82) is 0 Å². The Morgan fingerprint density at radius 3 is 1.77 bits per heavy atom. The maximum atomic E-state index is 12.6. The number of anilines is 1. The van der Waals surface area contributed by atoms with E-state index in [-0.39, 0.29) is 32.7 Å². The molecule has 0 aromatic heterocycles. The fourth-order valence-electron chi connectivity index (χ4n) is 5.62. The average molecular weight is 902 g/mol. The van der Waals surface area contributed by atoms with Crippen molar-refractivity contribution in [3.05, 3.63) is 95.0 Å². The minimum Gasteiger partial charge on any atom is -0.505 e. The standard InChI is InChI=1S/C34H24ClN7O15S3/c35-15-6-8-18(34(47)48)22(10-15)39-42-30-26(60(55,56)57)12-20-24(58(49,50)51)13-23(28(36)27(20)32(30)44)40-37-16-7-5-14-9-25(59(52,53)54)29(31(43)19(14)11-16)41-38-21-4-2-1-3-17(21)33(45)46/h1-13,43-44,55-57H,36H2,(H,45,46)(H,47,48)(H,49,50,51)(H,52,53,54). The Balaban J connectivity index is 1.53. The van der Waals surface area contributed by atoms with Crippen LogP contribution in [0.5, 0.6) is 11.5 Å². The molecule has 0 radical (unpaired) electrons. The smallest absolute Gasteiger partial charge is 0.337 e. The summed E-state index contributed by atoms with van der Waals surface area (Å²) in [6.07, 6.45) is 0.